The smallest absolute Gasteiger partial charge is 0.220 e. The first kappa shape index (κ1) is 54.2. The molecule has 7 atom stereocenters. The molecule has 9 nitrogen and oxygen atoms in total. The number of allylic oxidation sites excluding steroid dienone is 7. The first-order chi connectivity index (χ1) is 28.3. The summed E-state index contributed by atoms with van der Waals surface area (Å²) in [4.78, 5) is 12.9. The van der Waals surface area contributed by atoms with Crippen LogP contribution in [-0.4, -0.2) is 87.5 Å². The first-order valence-corrected chi connectivity index (χ1v) is 23.9. The van der Waals surface area contributed by atoms with Crippen molar-refractivity contribution in [1.82, 2.24) is 5.32 Å². The number of unbranched alkanes of at least 4 members (excludes halogenated alkanes) is 23. The fourth-order valence-corrected chi connectivity index (χ4v) is 7.25. The molecule has 0 aromatic heterocycles. The number of carbonyl (C=O) groups excluding carboxylic acids is 1. The highest BCUT2D eigenvalue weighted by atomic mass is 16.7. The number of hydrogen-bond donors (Lipinski definition) is 6. The average Bonchev–Trinajstić information content (AvgIpc) is 3.22. The minimum Gasteiger partial charge on any atom is -0.394 e. The summed E-state index contributed by atoms with van der Waals surface area (Å²) in [5, 5.41) is 54.2. The van der Waals surface area contributed by atoms with Crippen LogP contribution in [0.2, 0.25) is 0 Å². The van der Waals surface area contributed by atoms with Crippen molar-refractivity contribution < 1.29 is 39.8 Å². The molecule has 1 amide bonds. The Morgan fingerprint density at radius 3 is 1.60 bits per heavy atom. The Kier molecular flexibility index (Phi) is 36.7. The zero-order valence-electron chi connectivity index (χ0n) is 37.0. The molecule has 1 heterocycles. The van der Waals surface area contributed by atoms with Crippen LogP contribution in [0.4, 0.5) is 0 Å². The monoisotopic (exact) mass is 820 g/mol. The summed E-state index contributed by atoms with van der Waals surface area (Å²) in [5.41, 5.74) is 0. The van der Waals surface area contributed by atoms with Gasteiger partial charge in [-0.05, 0) is 57.8 Å². The molecule has 6 N–H and O–H groups in total. The lowest BCUT2D eigenvalue weighted by molar-refractivity contribution is -0.302. The summed E-state index contributed by atoms with van der Waals surface area (Å²) in [5.74, 6) is -0.202. The molecule has 1 aliphatic heterocycles. The van der Waals surface area contributed by atoms with Gasteiger partial charge in [-0.15, -0.1) is 0 Å². The lowest BCUT2D eigenvalue weighted by Gasteiger charge is -2.40. The summed E-state index contributed by atoms with van der Waals surface area (Å²) in [6.45, 7) is 3.70. The van der Waals surface area contributed by atoms with Gasteiger partial charge in [-0.25, -0.2) is 0 Å². The van der Waals surface area contributed by atoms with Crippen molar-refractivity contribution >= 4 is 5.91 Å². The molecule has 1 rings (SSSR count). The zero-order chi connectivity index (χ0) is 42.3. The minimum absolute atomic E-state index is 0.202. The molecule has 7 unspecified atom stereocenters. The van der Waals surface area contributed by atoms with Crippen molar-refractivity contribution in [2.24, 2.45) is 0 Å². The Balaban J connectivity index is 2.36. The predicted molar refractivity (Wildman–Crippen MR) is 239 cm³/mol. The van der Waals surface area contributed by atoms with Gasteiger partial charge < -0.3 is 40.3 Å². The van der Waals surface area contributed by atoms with Crippen molar-refractivity contribution in [3.8, 4) is 0 Å². The van der Waals surface area contributed by atoms with Gasteiger partial charge in [0.2, 0.25) is 5.91 Å². The maximum Gasteiger partial charge on any atom is 0.220 e. The largest absolute Gasteiger partial charge is 0.394 e. The lowest BCUT2D eigenvalue weighted by atomic mass is 9.99. The highest BCUT2D eigenvalue weighted by molar-refractivity contribution is 5.76. The molecule has 338 valence electrons. The Labute approximate surface area is 354 Å². The number of aliphatic hydroxyl groups excluding tert-OH is 5. The van der Waals surface area contributed by atoms with Crippen LogP contribution < -0.4 is 5.32 Å². The topological polar surface area (TPSA) is 149 Å². The molecule has 9 heteroatoms. The standard InChI is InChI=1S/C49H89NO8/c1-3-5-7-9-11-13-15-17-19-20-21-22-23-24-25-26-28-30-32-34-36-38-43(52)42(41-57-49-48(56)47(55)46(54)44(40-51)58-49)50-45(53)39-37-35-33-31-29-27-18-16-14-12-10-8-6-4-2/h10,12,16,18,28,30,36,38,42-44,46-49,51-52,54-56H,3-9,11,13-15,17,19-27,29,31-35,37,39-41H2,1-2H3,(H,50,53)/b12-10-,18-16-,30-28+,38-36+. The molecule has 0 aromatic rings. The normalized spacial score (nSPS) is 21.3. The second kappa shape index (κ2) is 39.3. The van der Waals surface area contributed by atoms with Gasteiger partial charge in [0, 0.05) is 6.42 Å². The molecule has 0 aromatic carbocycles. The van der Waals surface area contributed by atoms with E-state index in [0.29, 0.717) is 6.42 Å². The van der Waals surface area contributed by atoms with E-state index in [-0.39, 0.29) is 12.5 Å². The number of rotatable bonds is 39. The number of hydrogen-bond acceptors (Lipinski definition) is 8. The van der Waals surface area contributed by atoms with Crippen LogP contribution >= 0.6 is 0 Å². The Morgan fingerprint density at radius 1 is 0.586 bits per heavy atom. The highest BCUT2D eigenvalue weighted by Gasteiger charge is 2.44. The quantitative estimate of drug-likeness (QED) is 0.0265. The number of ether oxygens (including phenoxy) is 2. The molecule has 0 bridgehead atoms. The van der Waals surface area contributed by atoms with Gasteiger partial charge in [0.1, 0.15) is 24.4 Å². The second-order valence-electron chi connectivity index (χ2n) is 16.5. The van der Waals surface area contributed by atoms with E-state index in [4.69, 9.17) is 9.47 Å². The minimum atomic E-state index is -1.57. The molecule has 1 saturated heterocycles. The van der Waals surface area contributed by atoms with Gasteiger partial charge in [-0.1, -0.05) is 184 Å². The third kappa shape index (κ3) is 29.4. The van der Waals surface area contributed by atoms with E-state index in [1.807, 2.05) is 6.08 Å². The average molecular weight is 820 g/mol. The van der Waals surface area contributed by atoms with Crippen LogP contribution in [0.5, 0.6) is 0 Å². The number of carbonyl (C=O) groups is 1. The molecule has 0 saturated carbocycles. The van der Waals surface area contributed by atoms with Crippen molar-refractivity contribution in [3.05, 3.63) is 48.6 Å². The van der Waals surface area contributed by atoms with Crippen molar-refractivity contribution in [2.75, 3.05) is 13.2 Å². The summed E-state index contributed by atoms with van der Waals surface area (Å²) in [6.07, 6.45) is 43.0. The van der Waals surface area contributed by atoms with E-state index in [1.54, 1.807) is 6.08 Å². The van der Waals surface area contributed by atoms with E-state index in [2.05, 4.69) is 55.6 Å². The molecule has 1 aliphatic rings. The zero-order valence-corrected chi connectivity index (χ0v) is 37.0. The van der Waals surface area contributed by atoms with Crippen molar-refractivity contribution in [1.29, 1.82) is 0 Å². The Bertz CT molecular complexity index is 1050. The highest BCUT2D eigenvalue weighted by Crippen LogP contribution is 2.22. The van der Waals surface area contributed by atoms with Gasteiger partial charge in [-0.2, -0.15) is 0 Å². The third-order valence-electron chi connectivity index (χ3n) is 11.1. The van der Waals surface area contributed by atoms with Crippen LogP contribution in [0.15, 0.2) is 48.6 Å². The number of amides is 1. The van der Waals surface area contributed by atoms with Gasteiger partial charge in [0.15, 0.2) is 6.29 Å². The number of aliphatic hydroxyl groups is 5. The van der Waals surface area contributed by atoms with Crippen molar-refractivity contribution in [2.45, 2.75) is 243 Å². The Hall–Kier alpha value is -1.85. The van der Waals surface area contributed by atoms with Crippen LogP contribution in [0.25, 0.3) is 0 Å². The van der Waals surface area contributed by atoms with Crippen LogP contribution in [-0.2, 0) is 14.3 Å². The number of nitrogens with one attached hydrogen (secondary N) is 1. The SMILES string of the molecule is CCCC/C=C\C/C=C\CCCCCCCC(=O)NC(COC1OC(CO)C(O)C(O)C1O)C(O)/C=C/CC/C=C/CCCCCCCCCCCCCCCCC. The van der Waals surface area contributed by atoms with Gasteiger partial charge in [0.05, 0.1) is 25.4 Å². The first-order valence-electron chi connectivity index (χ1n) is 23.9. The molecular formula is C49H89NO8. The van der Waals surface area contributed by atoms with E-state index in [0.717, 1.165) is 70.6 Å². The molecule has 0 spiro atoms. The van der Waals surface area contributed by atoms with Gasteiger partial charge in [0.25, 0.3) is 0 Å². The van der Waals surface area contributed by atoms with E-state index >= 15 is 0 Å². The molecule has 58 heavy (non-hydrogen) atoms. The Morgan fingerprint density at radius 2 is 1.05 bits per heavy atom. The molecular weight excluding hydrogens is 731 g/mol. The molecule has 0 radical (unpaired) electrons. The van der Waals surface area contributed by atoms with Gasteiger partial charge in [-0.3, -0.25) is 4.79 Å². The van der Waals surface area contributed by atoms with Crippen LogP contribution in [0, 0.1) is 0 Å². The maximum atomic E-state index is 12.9. The van der Waals surface area contributed by atoms with Crippen LogP contribution in [0.1, 0.15) is 200 Å². The van der Waals surface area contributed by atoms with Crippen LogP contribution in [0.3, 0.4) is 0 Å². The summed E-state index contributed by atoms with van der Waals surface area (Å²) < 4.78 is 11.2. The van der Waals surface area contributed by atoms with E-state index < -0.39 is 49.5 Å². The summed E-state index contributed by atoms with van der Waals surface area (Å²) in [6, 6.07) is -0.829. The summed E-state index contributed by atoms with van der Waals surface area (Å²) >= 11 is 0. The fourth-order valence-electron chi connectivity index (χ4n) is 7.25. The third-order valence-corrected chi connectivity index (χ3v) is 11.1. The predicted octanol–water partition coefficient (Wildman–Crippen LogP) is 10.2. The second-order valence-corrected chi connectivity index (χ2v) is 16.5. The van der Waals surface area contributed by atoms with E-state index in [1.165, 1.54) is 109 Å². The van der Waals surface area contributed by atoms with E-state index in [9.17, 15) is 30.3 Å². The van der Waals surface area contributed by atoms with Crippen molar-refractivity contribution in [3.63, 3.8) is 0 Å². The fraction of sp³-hybridized carbons (Fsp3) is 0.816. The molecule has 1 fully saturated rings. The lowest BCUT2D eigenvalue weighted by Crippen LogP contribution is -2.60. The summed E-state index contributed by atoms with van der Waals surface area (Å²) in [7, 11) is 0. The van der Waals surface area contributed by atoms with Gasteiger partial charge >= 0.3 is 0 Å². The molecule has 0 aliphatic carbocycles. The maximum absolute atomic E-state index is 12.9.